The van der Waals surface area contributed by atoms with Crippen LogP contribution in [-0.4, -0.2) is 25.0 Å². The van der Waals surface area contributed by atoms with Crippen LogP contribution in [0.1, 0.15) is 0 Å². The minimum absolute atomic E-state index is 0.183. The second kappa shape index (κ2) is 20.8. The molecular formula is C90H57BN6. The van der Waals surface area contributed by atoms with Crippen molar-refractivity contribution in [2.24, 2.45) is 0 Å². The molecule has 0 bridgehead atoms. The van der Waals surface area contributed by atoms with Crippen molar-refractivity contribution < 1.29 is 0 Å². The van der Waals surface area contributed by atoms with Crippen LogP contribution in [0.25, 0.3) is 132 Å². The molecule has 21 rings (SSSR count). The van der Waals surface area contributed by atoms with Gasteiger partial charge in [0.25, 0.3) is 6.71 Å². The minimum Gasteiger partial charge on any atom is -0.311 e. The fourth-order valence-corrected chi connectivity index (χ4v) is 17.1. The van der Waals surface area contributed by atoms with Gasteiger partial charge in [0.15, 0.2) is 0 Å². The Morgan fingerprint density at radius 3 is 0.722 bits per heavy atom. The quantitative estimate of drug-likeness (QED) is 0.142. The maximum absolute atomic E-state index is 2.61. The lowest BCUT2D eigenvalue weighted by atomic mass is 9.33. The molecule has 450 valence electrons. The van der Waals surface area contributed by atoms with Crippen LogP contribution in [0.15, 0.2) is 346 Å². The first kappa shape index (κ1) is 53.6. The lowest BCUT2D eigenvalue weighted by Gasteiger charge is -2.45. The first-order valence-corrected chi connectivity index (χ1v) is 33.5. The van der Waals surface area contributed by atoms with Crippen molar-refractivity contribution in [1.29, 1.82) is 0 Å². The van der Waals surface area contributed by atoms with Gasteiger partial charge in [-0.2, -0.15) is 0 Å². The number of para-hydroxylation sites is 12. The highest BCUT2D eigenvalue weighted by Gasteiger charge is 2.44. The van der Waals surface area contributed by atoms with Gasteiger partial charge >= 0.3 is 0 Å². The fraction of sp³-hybridized carbons (Fsp3) is 0. The van der Waals surface area contributed by atoms with Crippen LogP contribution in [0, 0.1) is 0 Å². The number of aromatic nitrogens is 4. The summed E-state index contributed by atoms with van der Waals surface area (Å²) < 4.78 is 9.89. The van der Waals surface area contributed by atoms with Crippen LogP contribution < -0.4 is 26.2 Å². The largest absolute Gasteiger partial charge is 0.311 e. The summed E-state index contributed by atoms with van der Waals surface area (Å²) in [5.41, 5.74) is 28.7. The van der Waals surface area contributed by atoms with Crippen LogP contribution >= 0.6 is 0 Å². The highest BCUT2D eigenvalue weighted by molar-refractivity contribution is 7.00. The zero-order chi connectivity index (χ0) is 63.4. The lowest BCUT2D eigenvalue weighted by Crippen LogP contribution is -2.61. The Bertz CT molecular complexity index is 5910. The third-order valence-electron chi connectivity index (χ3n) is 21.0. The van der Waals surface area contributed by atoms with E-state index in [0.717, 1.165) is 79.1 Å². The standard InChI is InChI=1S/C90H57BN6/c1-13-38-74-60(26-1)61-27-2-14-39-75(61)92(74)58-52-54-72-88(56-58)96(84-48-23-11-36-70(84)68-34-9-21-46-82(68)94-78-42-17-5-30-64(78)65-31-6-18-43-79(65)94)86-50-25-51-87-90(86)91(72)73-55-53-59(93-76-40-15-3-28-62(76)63-29-4-16-41-77(63)93)57-89(73)97(87)85-49-24-12-37-71(85)69-35-10-22-47-83(69)95-80-44-19-7-32-66(80)67-33-8-20-45-81(67)95/h1-57H. The smallest absolute Gasteiger partial charge is 0.252 e. The highest BCUT2D eigenvalue weighted by Crippen LogP contribution is 2.51. The van der Waals surface area contributed by atoms with E-state index in [1.165, 1.54) is 104 Å². The number of rotatable bonds is 8. The zero-order valence-corrected chi connectivity index (χ0v) is 52.7. The predicted molar refractivity (Wildman–Crippen MR) is 409 cm³/mol. The van der Waals surface area contributed by atoms with E-state index < -0.39 is 0 Å². The van der Waals surface area contributed by atoms with E-state index in [9.17, 15) is 0 Å². The third-order valence-corrected chi connectivity index (χ3v) is 21.0. The van der Waals surface area contributed by atoms with Crippen LogP contribution in [-0.2, 0) is 0 Å². The number of hydrogen-bond donors (Lipinski definition) is 0. The maximum Gasteiger partial charge on any atom is 0.252 e. The number of hydrogen-bond acceptors (Lipinski definition) is 2. The average Bonchev–Trinajstić information content (AvgIpc) is 1.63. The van der Waals surface area contributed by atoms with E-state index in [1.54, 1.807) is 0 Å². The van der Waals surface area contributed by atoms with Gasteiger partial charge in [-0.05, 0) is 126 Å². The van der Waals surface area contributed by atoms with Crippen molar-refractivity contribution in [3.8, 4) is 45.0 Å². The molecule has 7 heteroatoms. The molecule has 15 aromatic carbocycles. The van der Waals surface area contributed by atoms with Gasteiger partial charge in [-0.25, -0.2) is 0 Å². The van der Waals surface area contributed by atoms with Crippen molar-refractivity contribution in [2.75, 3.05) is 9.80 Å². The van der Waals surface area contributed by atoms with E-state index in [2.05, 4.69) is 374 Å². The van der Waals surface area contributed by atoms with Crippen LogP contribution in [0.5, 0.6) is 0 Å². The normalized spacial score (nSPS) is 12.7. The van der Waals surface area contributed by atoms with Gasteiger partial charge in [0.2, 0.25) is 0 Å². The van der Waals surface area contributed by atoms with E-state index in [-0.39, 0.29) is 6.71 Å². The number of anilines is 6. The van der Waals surface area contributed by atoms with Gasteiger partial charge in [-0.1, -0.05) is 237 Å². The Hall–Kier alpha value is -12.8. The molecule has 0 radical (unpaired) electrons. The van der Waals surface area contributed by atoms with Crippen molar-refractivity contribution >= 4 is 144 Å². The Morgan fingerprint density at radius 1 is 0.175 bits per heavy atom. The summed E-state index contributed by atoms with van der Waals surface area (Å²) in [6.45, 7) is -0.183. The summed E-state index contributed by atoms with van der Waals surface area (Å²) in [6.07, 6.45) is 0. The monoisotopic (exact) mass is 1230 g/mol. The average molecular weight is 1230 g/mol. The van der Waals surface area contributed by atoms with E-state index in [4.69, 9.17) is 0 Å². The molecule has 0 aliphatic carbocycles. The molecule has 0 saturated heterocycles. The summed E-state index contributed by atoms with van der Waals surface area (Å²) in [5, 5.41) is 9.84. The molecule has 2 aliphatic heterocycles. The molecule has 0 fully saturated rings. The van der Waals surface area contributed by atoms with Gasteiger partial charge in [0.05, 0.1) is 66.9 Å². The molecule has 0 amide bonds. The molecule has 0 spiro atoms. The summed E-state index contributed by atoms with van der Waals surface area (Å²) in [6, 6.07) is 129. The molecule has 0 N–H and O–H groups in total. The summed E-state index contributed by atoms with van der Waals surface area (Å²) >= 11 is 0. The first-order chi connectivity index (χ1) is 48.2. The number of fused-ring (bicyclic) bond motifs is 16. The van der Waals surface area contributed by atoms with E-state index in [0.29, 0.717) is 0 Å². The van der Waals surface area contributed by atoms with Gasteiger partial charge in [-0.3, -0.25) is 0 Å². The summed E-state index contributed by atoms with van der Waals surface area (Å²) in [7, 11) is 0. The molecule has 4 aromatic heterocycles. The Morgan fingerprint density at radius 2 is 0.412 bits per heavy atom. The lowest BCUT2D eigenvalue weighted by molar-refractivity contribution is 1.16. The fourth-order valence-electron chi connectivity index (χ4n) is 17.1. The number of benzene rings is 15. The zero-order valence-electron chi connectivity index (χ0n) is 52.7. The third kappa shape index (κ3) is 7.68. The molecule has 2 aliphatic rings. The summed E-state index contributed by atoms with van der Waals surface area (Å²) in [4.78, 5) is 5.22. The Kier molecular flexibility index (Phi) is 11.5. The molecule has 19 aromatic rings. The Labute approximate surface area is 559 Å². The van der Waals surface area contributed by atoms with Gasteiger partial charge < -0.3 is 28.1 Å². The Balaban J connectivity index is 0.851. The van der Waals surface area contributed by atoms with Crippen molar-refractivity contribution in [2.45, 2.75) is 0 Å². The maximum atomic E-state index is 2.61. The first-order valence-electron chi connectivity index (χ1n) is 33.5. The highest BCUT2D eigenvalue weighted by atomic mass is 15.2. The van der Waals surface area contributed by atoms with Crippen LogP contribution in [0.2, 0.25) is 0 Å². The van der Waals surface area contributed by atoms with Gasteiger partial charge in [0, 0.05) is 99.5 Å². The molecule has 6 nitrogen and oxygen atoms in total. The van der Waals surface area contributed by atoms with E-state index >= 15 is 0 Å². The van der Waals surface area contributed by atoms with E-state index in [1.807, 2.05) is 0 Å². The molecular weight excluding hydrogens is 1180 g/mol. The number of nitrogens with zero attached hydrogens (tertiary/aromatic N) is 6. The molecule has 6 heterocycles. The minimum atomic E-state index is -0.183. The summed E-state index contributed by atoms with van der Waals surface area (Å²) in [5.74, 6) is 0. The van der Waals surface area contributed by atoms with Crippen molar-refractivity contribution in [3.63, 3.8) is 0 Å². The SMILES string of the molecule is c1ccc(N2c3cc(-n4c5ccccc5c5ccccc54)ccc3B3c4ccc(-n5c6ccccc6c6ccccc65)cc4N(c4ccccc4-c4ccccc4-n4c5ccccc5c5ccccc54)c4cccc2c43)c(-c2ccccc2-n2c3ccccc3c3ccccc32)c1. The van der Waals surface area contributed by atoms with Crippen molar-refractivity contribution in [1.82, 2.24) is 18.3 Å². The van der Waals surface area contributed by atoms with Crippen molar-refractivity contribution in [3.05, 3.63) is 346 Å². The predicted octanol–water partition coefficient (Wildman–Crippen LogP) is 21.5. The second-order valence-corrected chi connectivity index (χ2v) is 25.8. The van der Waals surface area contributed by atoms with Crippen LogP contribution in [0.3, 0.4) is 0 Å². The van der Waals surface area contributed by atoms with Crippen LogP contribution in [0.4, 0.5) is 34.1 Å². The topological polar surface area (TPSA) is 26.2 Å². The van der Waals surface area contributed by atoms with Gasteiger partial charge in [0.1, 0.15) is 0 Å². The molecule has 0 unspecified atom stereocenters. The molecule has 97 heavy (non-hydrogen) atoms. The van der Waals surface area contributed by atoms with Gasteiger partial charge in [-0.15, -0.1) is 0 Å². The second-order valence-electron chi connectivity index (χ2n) is 25.8. The molecule has 0 atom stereocenters. The molecule has 0 saturated carbocycles.